The number of hydrogen-bond donors (Lipinski definition) is 2. The van der Waals surface area contributed by atoms with Gasteiger partial charge in [0.15, 0.2) is 0 Å². The zero-order chi connectivity index (χ0) is 16.6. The van der Waals surface area contributed by atoms with Crippen LogP contribution in [0, 0.1) is 0 Å². The van der Waals surface area contributed by atoms with Gasteiger partial charge in [-0.3, -0.25) is 0 Å². The molecule has 0 amide bonds. The molecule has 1 atom stereocenters. The van der Waals surface area contributed by atoms with Crippen LogP contribution in [-0.4, -0.2) is 43.6 Å². The van der Waals surface area contributed by atoms with Gasteiger partial charge in [-0.1, -0.05) is 46.8 Å². The minimum absolute atomic E-state index is 0.155. The lowest BCUT2D eigenvalue weighted by Gasteiger charge is -2.19. The van der Waals surface area contributed by atoms with Crippen LogP contribution in [0.25, 0.3) is 0 Å². The summed E-state index contributed by atoms with van der Waals surface area (Å²) in [4.78, 5) is 0. The summed E-state index contributed by atoms with van der Waals surface area (Å²) in [7, 11) is 0. The third-order valence-corrected chi connectivity index (χ3v) is 3.29. The van der Waals surface area contributed by atoms with Gasteiger partial charge in [-0.15, -0.1) is 0 Å². The van der Waals surface area contributed by atoms with Crippen LogP contribution in [0.15, 0.2) is 24.3 Å². The minimum Gasteiger partial charge on any atom is -0.491 e. The normalized spacial score (nSPS) is 13.4. The average molecular weight is 309 g/mol. The fourth-order valence-corrected chi connectivity index (χ4v) is 1.92. The van der Waals surface area contributed by atoms with E-state index in [0.29, 0.717) is 32.4 Å². The molecule has 22 heavy (non-hydrogen) atoms. The van der Waals surface area contributed by atoms with Crippen molar-refractivity contribution in [3.05, 3.63) is 29.8 Å². The Labute approximate surface area is 134 Å². The molecule has 0 radical (unpaired) electrons. The van der Waals surface area contributed by atoms with Crippen LogP contribution in [-0.2, 0) is 10.2 Å². The van der Waals surface area contributed by atoms with E-state index in [1.165, 1.54) is 5.56 Å². The third-order valence-electron chi connectivity index (χ3n) is 3.29. The van der Waals surface area contributed by atoms with Gasteiger partial charge >= 0.3 is 0 Å². The first-order valence-corrected chi connectivity index (χ1v) is 8.01. The second-order valence-electron chi connectivity index (χ2n) is 6.91. The molecule has 0 unspecified atom stereocenters. The van der Waals surface area contributed by atoms with Crippen molar-refractivity contribution in [2.45, 2.75) is 52.2 Å². The van der Waals surface area contributed by atoms with E-state index in [4.69, 9.17) is 9.47 Å². The van der Waals surface area contributed by atoms with E-state index in [9.17, 15) is 5.11 Å². The lowest BCUT2D eigenvalue weighted by Crippen LogP contribution is -2.34. The number of hydrogen-bond acceptors (Lipinski definition) is 4. The Hall–Kier alpha value is -1.10. The van der Waals surface area contributed by atoms with Crippen molar-refractivity contribution < 1.29 is 14.6 Å². The SMILES string of the molecule is CC(C)NC[C@H](O)COCCOc1ccc(C(C)(C)C)cc1. The maximum absolute atomic E-state index is 9.69. The van der Waals surface area contributed by atoms with Crippen molar-refractivity contribution in [3.8, 4) is 5.75 Å². The molecule has 126 valence electrons. The van der Waals surface area contributed by atoms with Crippen LogP contribution in [0.1, 0.15) is 40.2 Å². The Bertz CT molecular complexity index is 409. The van der Waals surface area contributed by atoms with Gasteiger partial charge in [0.25, 0.3) is 0 Å². The van der Waals surface area contributed by atoms with E-state index in [2.05, 4.69) is 38.2 Å². The fourth-order valence-electron chi connectivity index (χ4n) is 1.92. The Kier molecular flexibility index (Phi) is 7.87. The van der Waals surface area contributed by atoms with E-state index in [1.54, 1.807) is 0 Å². The maximum Gasteiger partial charge on any atom is 0.119 e. The average Bonchev–Trinajstić information content (AvgIpc) is 2.44. The summed E-state index contributed by atoms with van der Waals surface area (Å²) in [6.07, 6.45) is -0.478. The summed E-state index contributed by atoms with van der Waals surface area (Å²) in [6, 6.07) is 8.54. The monoisotopic (exact) mass is 309 g/mol. The summed E-state index contributed by atoms with van der Waals surface area (Å²) in [6.45, 7) is 12.5. The second kappa shape index (κ2) is 9.13. The molecular formula is C18H31NO3. The van der Waals surface area contributed by atoms with Crippen molar-refractivity contribution in [2.24, 2.45) is 0 Å². The molecule has 0 saturated heterocycles. The predicted octanol–water partition coefficient (Wildman–Crippen LogP) is 2.74. The number of rotatable bonds is 9. The van der Waals surface area contributed by atoms with E-state index in [1.807, 2.05) is 26.0 Å². The van der Waals surface area contributed by atoms with Crippen molar-refractivity contribution in [3.63, 3.8) is 0 Å². The fraction of sp³-hybridized carbons (Fsp3) is 0.667. The highest BCUT2D eigenvalue weighted by Gasteiger charge is 2.12. The molecule has 0 aliphatic rings. The number of aliphatic hydroxyl groups is 1. The molecule has 1 aromatic rings. The van der Waals surface area contributed by atoms with Crippen LogP contribution in [0.4, 0.5) is 0 Å². The highest BCUT2D eigenvalue weighted by Crippen LogP contribution is 2.24. The quantitative estimate of drug-likeness (QED) is 0.689. The number of benzene rings is 1. The van der Waals surface area contributed by atoms with E-state index >= 15 is 0 Å². The van der Waals surface area contributed by atoms with Crippen LogP contribution in [0.2, 0.25) is 0 Å². The van der Waals surface area contributed by atoms with Crippen molar-refractivity contribution in [1.29, 1.82) is 0 Å². The first kappa shape index (κ1) is 18.9. The Morgan fingerprint density at radius 1 is 1.09 bits per heavy atom. The number of aliphatic hydroxyl groups excluding tert-OH is 1. The van der Waals surface area contributed by atoms with Crippen molar-refractivity contribution >= 4 is 0 Å². The zero-order valence-corrected chi connectivity index (χ0v) is 14.6. The lowest BCUT2D eigenvalue weighted by atomic mass is 9.87. The Balaban J connectivity index is 2.17. The van der Waals surface area contributed by atoms with Crippen molar-refractivity contribution in [1.82, 2.24) is 5.32 Å². The van der Waals surface area contributed by atoms with Gasteiger partial charge in [-0.25, -0.2) is 0 Å². The van der Waals surface area contributed by atoms with Crippen LogP contribution in [0.5, 0.6) is 5.75 Å². The number of nitrogens with one attached hydrogen (secondary N) is 1. The topological polar surface area (TPSA) is 50.7 Å². The number of ether oxygens (including phenoxy) is 2. The Morgan fingerprint density at radius 2 is 1.73 bits per heavy atom. The molecular weight excluding hydrogens is 278 g/mol. The van der Waals surface area contributed by atoms with E-state index in [-0.39, 0.29) is 5.41 Å². The lowest BCUT2D eigenvalue weighted by molar-refractivity contribution is 0.0244. The molecule has 0 bridgehead atoms. The van der Waals surface area contributed by atoms with Gasteiger partial charge in [0.05, 0.1) is 19.3 Å². The van der Waals surface area contributed by atoms with Gasteiger partial charge in [-0.05, 0) is 23.1 Å². The smallest absolute Gasteiger partial charge is 0.119 e. The van der Waals surface area contributed by atoms with Crippen molar-refractivity contribution in [2.75, 3.05) is 26.4 Å². The molecule has 0 spiro atoms. The van der Waals surface area contributed by atoms with Gasteiger partial charge < -0.3 is 19.9 Å². The minimum atomic E-state index is -0.478. The van der Waals surface area contributed by atoms with Gasteiger partial charge in [0.1, 0.15) is 12.4 Å². The first-order valence-electron chi connectivity index (χ1n) is 8.01. The van der Waals surface area contributed by atoms with Gasteiger partial charge in [0, 0.05) is 12.6 Å². The van der Waals surface area contributed by atoms with E-state index < -0.39 is 6.10 Å². The summed E-state index contributed by atoms with van der Waals surface area (Å²) in [5.41, 5.74) is 1.44. The predicted molar refractivity (Wildman–Crippen MR) is 90.6 cm³/mol. The zero-order valence-electron chi connectivity index (χ0n) is 14.6. The molecule has 2 N–H and O–H groups in total. The highest BCUT2D eigenvalue weighted by molar-refractivity contribution is 5.31. The molecule has 0 fully saturated rings. The summed E-state index contributed by atoms with van der Waals surface area (Å²) >= 11 is 0. The van der Waals surface area contributed by atoms with Crippen LogP contribution < -0.4 is 10.1 Å². The molecule has 0 aromatic heterocycles. The molecule has 0 saturated carbocycles. The first-order chi connectivity index (χ1) is 10.3. The Morgan fingerprint density at radius 3 is 2.27 bits per heavy atom. The van der Waals surface area contributed by atoms with E-state index in [0.717, 1.165) is 5.75 Å². The highest BCUT2D eigenvalue weighted by atomic mass is 16.5. The largest absolute Gasteiger partial charge is 0.491 e. The summed E-state index contributed by atoms with van der Waals surface area (Å²) in [5, 5.41) is 12.9. The van der Waals surface area contributed by atoms with Crippen LogP contribution in [0.3, 0.4) is 0 Å². The second-order valence-corrected chi connectivity index (χ2v) is 6.91. The maximum atomic E-state index is 9.69. The molecule has 4 heteroatoms. The van der Waals surface area contributed by atoms with Crippen LogP contribution >= 0.6 is 0 Å². The van der Waals surface area contributed by atoms with Gasteiger partial charge in [-0.2, -0.15) is 0 Å². The molecule has 0 aliphatic carbocycles. The third kappa shape index (κ3) is 7.78. The standard InChI is InChI=1S/C18H31NO3/c1-14(2)19-12-16(20)13-21-10-11-22-17-8-6-15(7-9-17)18(3,4)5/h6-9,14,16,19-20H,10-13H2,1-5H3/t16-/m0/s1. The molecule has 0 heterocycles. The van der Waals surface area contributed by atoms with Gasteiger partial charge in [0.2, 0.25) is 0 Å². The molecule has 1 rings (SSSR count). The molecule has 0 aliphatic heterocycles. The summed E-state index contributed by atoms with van der Waals surface area (Å²) < 4.78 is 11.0. The molecule has 4 nitrogen and oxygen atoms in total. The molecule has 1 aromatic carbocycles. The summed E-state index contributed by atoms with van der Waals surface area (Å²) in [5.74, 6) is 0.846.